The fraction of sp³-hybridized carbons (Fsp3) is 0.923. The van der Waals surface area contributed by atoms with Gasteiger partial charge in [-0.15, -0.1) is 0 Å². The number of hydrogen-bond donors (Lipinski definition) is 3. The minimum absolute atomic E-state index is 0.138. The standard InChI is InChI=1S/C13H24N2O2/c1-13(8-2-3-9-14-13)12(17)15-10-4-6-11(16)7-5-10/h10-11,14,16H,2-9H2,1H3,(H,15,17). The molecule has 1 atom stereocenters. The van der Waals surface area contributed by atoms with Crippen molar-refractivity contribution in [2.24, 2.45) is 0 Å². The molecule has 0 aromatic carbocycles. The van der Waals surface area contributed by atoms with Crippen molar-refractivity contribution >= 4 is 5.91 Å². The van der Waals surface area contributed by atoms with Crippen LogP contribution in [0.25, 0.3) is 0 Å². The zero-order chi connectivity index (χ0) is 12.3. The molecular formula is C13H24N2O2. The first-order chi connectivity index (χ1) is 8.10. The van der Waals surface area contributed by atoms with Crippen molar-refractivity contribution in [3.05, 3.63) is 0 Å². The number of hydrogen-bond acceptors (Lipinski definition) is 3. The third kappa shape index (κ3) is 3.19. The Balaban J connectivity index is 1.83. The van der Waals surface area contributed by atoms with Gasteiger partial charge in [-0.3, -0.25) is 4.79 Å². The van der Waals surface area contributed by atoms with Crippen LogP contribution in [0.2, 0.25) is 0 Å². The van der Waals surface area contributed by atoms with Gasteiger partial charge in [-0.2, -0.15) is 0 Å². The molecule has 0 bridgehead atoms. The lowest BCUT2D eigenvalue weighted by Gasteiger charge is -2.36. The van der Waals surface area contributed by atoms with E-state index in [1.54, 1.807) is 0 Å². The molecule has 1 aliphatic carbocycles. The van der Waals surface area contributed by atoms with Gasteiger partial charge in [0, 0.05) is 6.04 Å². The van der Waals surface area contributed by atoms with Crippen LogP contribution in [0, 0.1) is 0 Å². The summed E-state index contributed by atoms with van der Waals surface area (Å²) in [6.07, 6.45) is 6.50. The predicted octanol–water partition coefficient (Wildman–Crippen LogP) is 0.938. The van der Waals surface area contributed by atoms with Gasteiger partial charge in [-0.25, -0.2) is 0 Å². The first kappa shape index (κ1) is 12.8. The van der Waals surface area contributed by atoms with E-state index in [1.807, 2.05) is 6.92 Å². The van der Waals surface area contributed by atoms with Crippen molar-refractivity contribution < 1.29 is 9.90 Å². The van der Waals surface area contributed by atoms with Gasteiger partial charge >= 0.3 is 0 Å². The highest BCUT2D eigenvalue weighted by Gasteiger charge is 2.35. The number of carbonyl (C=O) groups excluding carboxylic acids is 1. The van der Waals surface area contributed by atoms with E-state index >= 15 is 0 Å². The van der Waals surface area contributed by atoms with E-state index in [2.05, 4.69) is 10.6 Å². The van der Waals surface area contributed by atoms with Gasteiger partial charge < -0.3 is 15.7 Å². The van der Waals surface area contributed by atoms with Crippen molar-refractivity contribution in [2.45, 2.75) is 69.6 Å². The minimum Gasteiger partial charge on any atom is -0.393 e. The van der Waals surface area contributed by atoms with Crippen molar-refractivity contribution in [1.82, 2.24) is 10.6 Å². The second kappa shape index (κ2) is 5.36. The molecule has 1 saturated carbocycles. The maximum Gasteiger partial charge on any atom is 0.240 e. The van der Waals surface area contributed by atoms with Crippen LogP contribution in [0.3, 0.4) is 0 Å². The summed E-state index contributed by atoms with van der Waals surface area (Å²) in [7, 11) is 0. The van der Waals surface area contributed by atoms with Crippen LogP contribution in [0.5, 0.6) is 0 Å². The van der Waals surface area contributed by atoms with Gasteiger partial charge in [0.05, 0.1) is 11.6 Å². The Morgan fingerprint density at radius 3 is 2.59 bits per heavy atom. The first-order valence-electron chi connectivity index (χ1n) is 6.84. The van der Waals surface area contributed by atoms with E-state index in [4.69, 9.17) is 0 Å². The summed E-state index contributed by atoms with van der Waals surface area (Å²) in [5.74, 6) is 0.138. The van der Waals surface area contributed by atoms with Gasteiger partial charge in [0.1, 0.15) is 0 Å². The van der Waals surface area contributed by atoms with E-state index < -0.39 is 0 Å². The van der Waals surface area contributed by atoms with Crippen molar-refractivity contribution in [3.63, 3.8) is 0 Å². The van der Waals surface area contributed by atoms with Crippen LogP contribution in [0.1, 0.15) is 51.9 Å². The maximum atomic E-state index is 12.2. The summed E-state index contributed by atoms with van der Waals surface area (Å²) in [4.78, 5) is 12.2. The average molecular weight is 240 g/mol. The molecule has 17 heavy (non-hydrogen) atoms. The normalized spacial score (nSPS) is 38.7. The van der Waals surface area contributed by atoms with Gasteiger partial charge in [0.15, 0.2) is 0 Å². The van der Waals surface area contributed by atoms with E-state index in [1.165, 1.54) is 6.42 Å². The number of rotatable bonds is 2. The highest BCUT2D eigenvalue weighted by atomic mass is 16.3. The van der Waals surface area contributed by atoms with Crippen LogP contribution in [-0.2, 0) is 4.79 Å². The minimum atomic E-state index is -0.381. The van der Waals surface area contributed by atoms with E-state index in [0.717, 1.165) is 45.1 Å². The van der Waals surface area contributed by atoms with E-state index in [-0.39, 0.29) is 23.6 Å². The lowest BCUT2D eigenvalue weighted by molar-refractivity contribution is -0.129. The molecule has 2 fully saturated rings. The highest BCUT2D eigenvalue weighted by molar-refractivity contribution is 5.86. The van der Waals surface area contributed by atoms with Crippen LogP contribution < -0.4 is 10.6 Å². The third-order valence-electron chi connectivity index (χ3n) is 4.15. The molecule has 2 rings (SSSR count). The lowest BCUT2D eigenvalue weighted by Crippen LogP contribution is -2.58. The number of aliphatic hydroxyl groups is 1. The largest absolute Gasteiger partial charge is 0.393 e. The molecule has 0 radical (unpaired) electrons. The Morgan fingerprint density at radius 1 is 1.29 bits per heavy atom. The molecule has 4 heteroatoms. The predicted molar refractivity (Wildman–Crippen MR) is 66.7 cm³/mol. The van der Waals surface area contributed by atoms with Gasteiger partial charge in [-0.1, -0.05) is 0 Å². The van der Waals surface area contributed by atoms with Crippen LogP contribution >= 0.6 is 0 Å². The molecule has 0 spiro atoms. The average Bonchev–Trinajstić information content (AvgIpc) is 2.33. The molecule has 0 aromatic heterocycles. The second-order valence-electron chi connectivity index (χ2n) is 5.69. The van der Waals surface area contributed by atoms with Gasteiger partial charge in [0.2, 0.25) is 5.91 Å². The number of piperidine rings is 1. The molecule has 0 aromatic rings. The topological polar surface area (TPSA) is 61.4 Å². The lowest BCUT2D eigenvalue weighted by atomic mass is 9.88. The van der Waals surface area contributed by atoms with Crippen molar-refractivity contribution in [1.29, 1.82) is 0 Å². The third-order valence-corrected chi connectivity index (χ3v) is 4.15. The molecule has 3 N–H and O–H groups in total. The molecule has 4 nitrogen and oxygen atoms in total. The number of amides is 1. The summed E-state index contributed by atoms with van der Waals surface area (Å²) in [5.41, 5.74) is -0.381. The van der Waals surface area contributed by atoms with Crippen LogP contribution in [-0.4, -0.2) is 35.2 Å². The Bertz CT molecular complexity index is 267. The molecule has 2 aliphatic rings. The molecule has 1 unspecified atom stereocenters. The Labute approximate surface area is 103 Å². The zero-order valence-electron chi connectivity index (χ0n) is 10.7. The summed E-state index contributed by atoms with van der Waals surface area (Å²) < 4.78 is 0. The summed E-state index contributed by atoms with van der Waals surface area (Å²) >= 11 is 0. The fourth-order valence-corrected chi connectivity index (χ4v) is 2.81. The Morgan fingerprint density at radius 2 is 2.00 bits per heavy atom. The van der Waals surface area contributed by atoms with E-state index in [9.17, 15) is 9.90 Å². The van der Waals surface area contributed by atoms with Gasteiger partial charge in [-0.05, 0) is 58.4 Å². The molecule has 1 saturated heterocycles. The van der Waals surface area contributed by atoms with E-state index in [0.29, 0.717) is 0 Å². The smallest absolute Gasteiger partial charge is 0.240 e. The Kier molecular flexibility index (Phi) is 4.05. The molecule has 1 amide bonds. The van der Waals surface area contributed by atoms with Crippen molar-refractivity contribution in [2.75, 3.05) is 6.54 Å². The second-order valence-corrected chi connectivity index (χ2v) is 5.69. The molecule has 1 aliphatic heterocycles. The molecule has 1 heterocycles. The van der Waals surface area contributed by atoms with Gasteiger partial charge in [0.25, 0.3) is 0 Å². The monoisotopic (exact) mass is 240 g/mol. The van der Waals surface area contributed by atoms with Crippen LogP contribution in [0.15, 0.2) is 0 Å². The Hall–Kier alpha value is -0.610. The molecule has 98 valence electrons. The highest BCUT2D eigenvalue weighted by Crippen LogP contribution is 2.22. The number of aliphatic hydroxyl groups excluding tert-OH is 1. The fourth-order valence-electron chi connectivity index (χ4n) is 2.81. The molecular weight excluding hydrogens is 216 g/mol. The number of carbonyl (C=O) groups is 1. The first-order valence-corrected chi connectivity index (χ1v) is 6.84. The summed E-state index contributed by atoms with van der Waals surface area (Å²) in [6.45, 7) is 2.94. The summed E-state index contributed by atoms with van der Waals surface area (Å²) in [6, 6.07) is 0.256. The summed E-state index contributed by atoms with van der Waals surface area (Å²) in [5, 5.41) is 15.9. The quantitative estimate of drug-likeness (QED) is 0.673. The SMILES string of the molecule is CC1(C(=O)NC2CCC(O)CC2)CCCCN1. The maximum absolute atomic E-state index is 12.2. The van der Waals surface area contributed by atoms with Crippen LogP contribution in [0.4, 0.5) is 0 Å². The zero-order valence-corrected chi connectivity index (χ0v) is 10.7. The van der Waals surface area contributed by atoms with Crippen molar-refractivity contribution in [3.8, 4) is 0 Å². The number of nitrogens with one attached hydrogen (secondary N) is 2.